The van der Waals surface area contributed by atoms with Gasteiger partial charge in [-0.1, -0.05) is 54.6 Å². The SMILES string of the molecule is O=C1NC(CCC(O)c2ccc(F)cc2)C(c2ccc(-c3cccc(O)c3)cc2O)N1c1ccccc1. The van der Waals surface area contributed by atoms with E-state index in [9.17, 15) is 24.5 Å². The molecule has 4 aromatic rings. The third-order valence-electron chi connectivity index (χ3n) is 6.76. The molecule has 1 aliphatic heterocycles. The molecule has 37 heavy (non-hydrogen) atoms. The molecule has 2 amide bonds. The van der Waals surface area contributed by atoms with E-state index in [0.717, 1.165) is 11.1 Å². The number of halogens is 1. The number of phenols is 2. The molecule has 6 nitrogen and oxygen atoms in total. The van der Waals surface area contributed by atoms with E-state index in [1.807, 2.05) is 42.5 Å². The van der Waals surface area contributed by atoms with Crippen LogP contribution >= 0.6 is 0 Å². The number of hydrogen-bond acceptors (Lipinski definition) is 4. The molecule has 188 valence electrons. The highest BCUT2D eigenvalue weighted by Crippen LogP contribution is 2.41. The fourth-order valence-corrected chi connectivity index (χ4v) is 4.91. The average molecular weight is 499 g/mol. The van der Waals surface area contributed by atoms with Crippen molar-refractivity contribution in [3.63, 3.8) is 0 Å². The summed E-state index contributed by atoms with van der Waals surface area (Å²) in [6.45, 7) is 0. The molecule has 1 aliphatic rings. The van der Waals surface area contributed by atoms with Gasteiger partial charge in [-0.15, -0.1) is 0 Å². The second kappa shape index (κ2) is 10.3. The van der Waals surface area contributed by atoms with E-state index in [4.69, 9.17) is 0 Å². The lowest BCUT2D eigenvalue weighted by Crippen LogP contribution is -2.29. The van der Waals surface area contributed by atoms with Gasteiger partial charge in [-0.25, -0.2) is 9.18 Å². The zero-order chi connectivity index (χ0) is 25.9. The third kappa shape index (κ3) is 5.13. The largest absolute Gasteiger partial charge is 0.508 e. The van der Waals surface area contributed by atoms with Gasteiger partial charge in [0, 0.05) is 11.3 Å². The number of urea groups is 1. The van der Waals surface area contributed by atoms with E-state index in [1.54, 1.807) is 47.4 Å². The number of benzene rings is 4. The number of phenolic OH excluding ortho intramolecular Hbond substituents is 2. The predicted octanol–water partition coefficient (Wildman–Crippen LogP) is 6.06. The summed E-state index contributed by atoms with van der Waals surface area (Å²) in [5.74, 6) is -0.226. The van der Waals surface area contributed by atoms with Crippen molar-refractivity contribution in [3.05, 3.63) is 114 Å². The molecule has 0 saturated carbocycles. The number of para-hydroxylation sites is 1. The van der Waals surface area contributed by atoms with Gasteiger partial charge in [-0.05, 0) is 72.0 Å². The van der Waals surface area contributed by atoms with Crippen molar-refractivity contribution in [1.82, 2.24) is 5.32 Å². The van der Waals surface area contributed by atoms with Crippen LogP contribution in [-0.2, 0) is 0 Å². The van der Waals surface area contributed by atoms with Crippen molar-refractivity contribution in [3.8, 4) is 22.6 Å². The summed E-state index contributed by atoms with van der Waals surface area (Å²) in [4.78, 5) is 14.8. The molecule has 1 saturated heterocycles. The highest BCUT2D eigenvalue weighted by Gasteiger charge is 2.42. The highest BCUT2D eigenvalue weighted by atomic mass is 19.1. The van der Waals surface area contributed by atoms with Gasteiger partial charge in [-0.3, -0.25) is 4.90 Å². The Morgan fingerprint density at radius 2 is 1.59 bits per heavy atom. The number of carbonyl (C=O) groups is 1. The number of aliphatic hydroxyl groups excluding tert-OH is 1. The molecule has 1 heterocycles. The zero-order valence-corrected chi connectivity index (χ0v) is 20.0. The predicted molar refractivity (Wildman–Crippen MR) is 140 cm³/mol. The first-order valence-electron chi connectivity index (χ1n) is 12.1. The second-order valence-corrected chi connectivity index (χ2v) is 9.17. The molecule has 0 radical (unpaired) electrons. The number of anilines is 1. The summed E-state index contributed by atoms with van der Waals surface area (Å²) in [7, 11) is 0. The Morgan fingerprint density at radius 3 is 2.30 bits per heavy atom. The lowest BCUT2D eigenvalue weighted by Gasteiger charge is -2.28. The third-order valence-corrected chi connectivity index (χ3v) is 6.76. The minimum Gasteiger partial charge on any atom is -0.508 e. The molecule has 1 fully saturated rings. The summed E-state index contributed by atoms with van der Waals surface area (Å²) >= 11 is 0. The van der Waals surface area contributed by atoms with Gasteiger partial charge in [0.15, 0.2) is 0 Å². The molecule has 0 bridgehead atoms. The van der Waals surface area contributed by atoms with Crippen molar-refractivity contribution >= 4 is 11.7 Å². The van der Waals surface area contributed by atoms with Crippen molar-refractivity contribution in [2.24, 2.45) is 0 Å². The van der Waals surface area contributed by atoms with Crippen LogP contribution in [0.15, 0.2) is 97.1 Å². The normalized spacial score (nSPS) is 18.0. The number of hydrogen-bond donors (Lipinski definition) is 4. The molecule has 0 aromatic heterocycles. The fraction of sp³-hybridized carbons (Fsp3) is 0.167. The van der Waals surface area contributed by atoms with Crippen LogP contribution in [0.3, 0.4) is 0 Å². The number of nitrogens with one attached hydrogen (secondary N) is 1. The molecular weight excluding hydrogens is 471 g/mol. The summed E-state index contributed by atoms with van der Waals surface area (Å²) < 4.78 is 13.3. The van der Waals surface area contributed by atoms with E-state index in [1.165, 1.54) is 12.1 Å². The number of aromatic hydroxyl groups is 2. The second-order valence-electron chi connectivity index (χ2n) is 9.17. The number of amides is 2. The number of aliphatic hydroxyl groups is 1. The number of nitrogens with zero attached hydrogens (tertiary/aromatic N) is 1. The molecule has 5 rings (SSSR count). The van der Waals surface area contributed by atoms with Gasteiger partial charge in [0.25, 0.3) is 0 Å². The maximum atomic E-state index is 13.3. The Morgan fingerprint density at radius 1 is 0.865 bits per heavy atom. The Balaban J connectivity index is 1.46. The smallest absolute Gasteiger partial charge is 0.322 e. The van der Waals surface area contributed by atoms with Crippen LogP contribution in [0.2, 0.25) is 0 Å². The molecule has 7 heteroatoms. The summed E-state index contributed by atoms with van der Waals surface area (Å²) in [6, 6.07) is 25.7. The standard InChI is InChI=1S/C30H27FN2O4/c31-22-12-9-19(10-13-22)27(35)16-15-26-29(33(30(37)32-26)23-6-2-1-3-7-23)25-14-11-21(18-28(25)36)20-5-4-8-24(34)17-20/h1-14,17-18,26-27,29,34-36H,15-16H2,(H,32,37). The van der Waals surface area contributed by atoms with E-state index in [2.05, 4.69) is 5.32 Å². The molecule has 4 N–H and O–H groups in total. The molecule has 3 atom stereocenters. The van der Waals surface area contributed by atoms with Gasteiger partial charge >= 0.3 is 6.03 Å². The Hall–Kier alpha value is -4.36. The van der Waals surface area contributed by atoms with Crippen molar-refractivity contribution in [2.45, 2.75) is 31.0 Å². The molecular formula is C30H27FN2O4. The molecule has 3 unspecified atom stereocenters. The minimum absolute atomic E-state index is 0.0207. The van der Waals surface area contributed by atoms with Crippen molar-refractivity contribution in [2.75, 3.05) is 4.90 Å². The summed E-state index contributed by atoms with van der Waals surface area (Å²) in [5.41, 5.74) is 3.32. The monoisotopic (exact) mass is 498 g/mol. The van der Waals surface area contributed by atoms with Crippen LogP contribution in [-0.4, -0.2) is 27.4 Å². The first kappa shape index (κ1) is 24.3. The molecule has 0 aliphatic carbocycles. The number of carbonyl (C=O) groups excluding carboxylic acids is 1. The molecule has 4 aromatic carbocycles. The van der Waals surface area contributed by atoms with E-state index < -0.39 is 18.2 Å². The average Bonchev–Trinajstić information content (AvgIpc) is 3.23. The van der Waals surface area contributed by atoms with E-state index in [0.29, 0.717) is 29.7 Å². The zero-order valence-electron chi connectivity index (χ0n) is 20.0. The van der Waals surface area contributed by atoms with E-state index in [-0.39, 0.29) is 23.3 Å². The quantitative estimate of drug-likeness (QED) is 0.249. The lowest BCUT2D eigenvalue weighted by molar-refractivity contribution is 0.159. The maximum Gasteiger partial charge on any atom is 0.322 e. The Labute approximate surface area is 214 Å². The van der Waals surface area contributed by atoms with Crippen LogP contribution in [0.25, 0.3) is 11.1 Å². The highest BCUT2D eigenvalue weighted by molar-refractivity contribution is 5.96. The Kier molecular flexibility index (Phi) is 6.79. The summed E-state index contributed by atoms with van der Waals surface area (Å²) in [5, 5.41) is 34.7. The molecule has 0 spiro atoms. The van der Waals surface area contributed by atoms with E-state index >= 15 is 0 Å². The van der Waals surface area contributed by atoms with Crippen molar-refractivity contribution in [1.29, 1.82) is 0 Å². The minimum atomic E-state index is -0.828. The van der Waals surface area contributed by atoms with Gasteiger partial charge < -0.3 is 20.6 Å². The van der Waals surface area contributed by atoms with Crippen LogP contribution in [0.1, 0.15) is 36.1 Å². The topological polar surface area (TPSA) is 93.0 Å². The fourth-order valence-electron chi connectivity index (χ4n) is 4.91. The van der Waals surface area contributed by atoms with Gasteiger partial charge in [-0.2, -0.15) is 0 Å². The van der Waals surface area contributed by atoms with Gasteiger partial charge in [0.2, 0.25) is 0 Å². The first-order chi connectivity index (χ1) is 17.9. The van der Waals surface area contributed by atoms with Crippen molar-refractivity contribution < 1.29 is 24.5 Å². The Bertz CT molecular complexity index is 1390. The summed E-state index contributed by atoms with van der Waals surface area (Å²) in [6.07, 6.45) is -0.0742. The van der Waals surface area contributed by atoms with Gasteiger partial charge in [0.05, 0.1) is 18.2 Å². The number of rotatable bonds is 7. The van der Waals surface area contributed by atoms with Crippen LogP contribution in [0.4, 0.5) is 14.9 Å². The maximum absolute atomic E-state index is 13.3. The van der Waals surface area contributed by atoms with Crippen LogP contribution in [0, 0.1) is 5.82 Å². The van der Waals surface area contributed by atoms with Crippen LogP contribution in [0.5, 0.6) is 11.5 Å². The van der Waals surface area contributed by atoms with Gasteiger partial charge in [0.1, 0.15) is 17.3 Å². The lowest BCUT2D eigenvalue weighted by atomic mass is 9.91. The first-order valence-corrected chi connectivity index (χ1v) is 12.1. The van der Waals surface area contributed by atoms with Crippen LogP contribution < -0.4 is 10.2 Å².